The second-order valence-corrected chi connectivity index (χ2v) is 6.89. The predicted octanol–water partition coefficient (Wildman–Crippen LogP) is 0.587. The number of amides is 2. The molecule has 1 atom stereocenters. The van der Waals surface area contributed by atoms with Gasteiger partial charge in [-0.1, -0.05) is 0 Å². The fourth-order valence-corrected chi connectivity index (χ4v) is 3.66. The lowest BCUT2D eigenvalue weighted by Gasteiger charge is -2.35. The van der Waals surface area contributed by atoms with Crippen molar-refractivity contribution in [3.05, 3.63) is 41.4 Å². The number of imidazole rings is 1. The standard InChI is InChI=1S/C18H23N5O3/c1-12-2-3-13(26-12)9-22-7-5-19-18(25)16(22)8-17(24)23-6-4-14-15(10-23)21-11-20-14/h2-3,11,16H,4-10H2,1H3,(H,19,25)(H,20,21)/t16-/m1/s1. The fraction of sp³-hybridized carbons (Fsp3) is 0.500. The third-order valence-corrected chi connectivity index (χ3v) is 5.09. The molecule has 1 fully saturated rings. The molecule has 0 radical (unpaired) electrons. The summed E-state index contributed by atoms with van der Waals surface area (Å²) in [5.41, 5.74) is 2.01. The number of aryl methyl sites for hydroxylation is 1. The van der Waals surface area contributed by atoms with Crippen LogP contribution >= 0.6 is 0 Å². The molecular formula is C18H23N5O3. The van der Waals surface area contributed by atoms with Gasteiger partial charge in [-0.25, -0.2) is 4.98 Å². The van der Waals surface area contributed by atoms with Crippen LogP contribution in [0.15, 0.2) is 22.9 Å². The number of aromatic nitrogens is 2. The van der Waals surface area contributed by atoms with Crippen molar-refractivity contribution in [2.45, 2.75) is 38.9 Å². The molecule has 0 saturated carbocycles. The van der Waals surface area contributed by atoms with Gasteiger partial charge in [0.1, 0.15) is 11.5 Å². The number of nitrogens with zero attached hydrogens (tertiary/aromatic N) is 3. The first-order chi connectivity index (χ1) is 12.6. The highest BCUT2D eigenvalue weighted by Gasteiger charge is 2.34. The summed E-state index contributed by atoms with van der Waals surface area (Å²) in [5.74, 6) is 1.56. The molecule has 0 aliphatic carbocycles. The van der Waals surface area contributed by atoms with Crippen LogP contribution in [0.25, 0.3) is 0 Å². The monoisotopic (exact) mass is 357 g/mol. The molecule has 0 bridgehead atoms. The second-order valence-electron chi connectivity index (χ2n) is 6.89. The Morgan fingerprint density at radius 3 is 3.08 bits per heavy atom. The van der Waals surface area contributed by atoms with Crippen molar-refractivity contribution < 1.29 is 14.0 Å². The van der Waals surface area contributed by atoms with Crippen LogP contribution in [-0.2, 0) is 29.1 Å². The summed E-state index contributed by atoms with van der Waals surface area (Å²) < 4.78 is 5.64. The maximum absolute atomic E-state index is 12.8. The van der Waals surface area contributed by atoms with E-state index in [0.29, 0.717) is 32.7 Å². The van der Waals surface area contributed by atoms with Gasteiger partial charge in [0.2, 0.25) is 11.8 Å². The van der Waals surface area contributed by atoms with Crippen molar-refractivity contribution in [2.75, 3.05) is 19.6 Å². The second kappa shape index (κ2) is 6.95. The number of carbonyl (C=O) groups excluding carboxylic acids is 2. The zero-order valence-corrected chi connectivity index (χ0v) is 14.8. The molecule has 138 valence electrons. The SMILES string of the molecule is Cc1ccc(CN2CCNC(=O)[C@H]2CC(=O)N2CCc3nc[nH]c3C2)o1. The largest absolute Gasteiger partial charge is 0.465 e. The summed E-state index contributed by atoms with van der Waals surface area (Å²) in [5, 5.41) is 2.87. The van der Waals surface area contributed by atoms with E-state index in [9.17, 15) is 9.59 Å². The van der Waals surface area contributed by atoms with Crippen LogP contribution in [0.3, 0.4) is 0 Å². The van der Waals surface area contributed by atoms with Crippen molar-refractivity contribution in [3.63, 3.8) is 0 Å². The van der Waals surface area contributed by atoms with Crippen LogP contribution in [-0.4, -0.2) is 57.3 Å². The van der Waals surface area contributed by atoms with Crippen LogP contribution in [0.4, 0.5) is 0 Å². The molecule has 4 heterocycles. The maximum atomic E-state index is 12.8. The van der Waals surface area contributed by atoms with Crippen molar-refractivity contribution >= 4 is 11.8 Å². The summed E-state index contributed by atoms with van der Waals surface area (Å²) in [6.45, 7) is 4.89. The fourth-order valence-electron chi connectivity index (χ4n) is 3.66. The minimum Gasteiger partial charge on any atom is -0.465 e. The molecule has 1 saturated heterocycles. The van der Waals surface area contributed by atoms with Crippen LogP contribution in [0.1, 0.15) is 29.3 Å². The highest BCUT2D eigenvalue weighted by atomic mass is 16.3. The predicted molar refractivity (Wildman–Crippen MR) is 93.0 cm³/mol. The van der Waals surface area contributed by atoms with E-state index >= 15 is 0 Å². The minimum absolute atomic E-state index is 0.00655. The number of rotatable bonds is 4. The molecule has 0 unspecified atom stereocenters. The van der Waals surface area contributed by atoms with Gasteiger partial charge in [0.25, 0.3) is 0 Å². The van der Waals surface area contributed by atoms with E-state index < -0.39 is 6.04 Å². The summed E-state index contributed by atoms with van der Waals surface area (Å²) >= 11 is 0. The van der Waals surface area contributed by atoms with Crippen molar-refractivity contribution in [2.24, 2.45) is 0 Å². The van der Waals surface area contributed by atoms with Crippen LogP contribution in [0, 0.1) is 6.92 Å². The quantitative estimate of drug-likeness (QED) is 0.835. The molecule has 2 amide bonds. The third-order valence-electron chi connectivity index (χ3n) is 5.09. The van der Waals surface area contributed by atoms with Crippen molar-refractivity contribution in [3.8, 4) is 0 Å². The summed E-state index contributed by atoms with van der Waals surface area (Å²) in [4.78, 5) is 36.4. The Morgan fingerprint density at radius 1 is 1.38 bits per heavy atom. The molecule has 2 aromatic rings. The lowest BCUT2D eigenvalue weighted by molar-refractivity contribution is -0.139. The van der Waals surface area contributed by atoms with Crippen LogP contribution in [0.5, 0.6) is 0 Å². The summed E-state index contributed by atoms with van der Waals surface area (Å²) in [7, 11) is 0. The van der Waals surface area contributed by atoms with Gasteiger partial charge >= 0.3 is 0 Å². The lowest BCUT2D eigenvalue weighted by Crippen LogP contribution is -2.56. The molecule has 4 rings (SSSR count). The first-order valence-electron chi connectivity index (χ1n) is 8.96. The van der Waals surface area contributed by atoms with E-state index in [0.717, 1.165) is 29.3 Å². The Bertz CT molecular complexity index is 811. The number of fused-ring (bicyclic) bond motifs is 1. The molecule has 2 aromatic heterocycles. The molecule has 0 aromatic carbocycles. The van der Waals surface area contributed by atoms with Gasteiger partial charge in [0.05, 0.1) is 43.3 Å². The van der Waals surface area contributed by atoms with E-state index in [1.165, 1.54) is 0 Å². The highest BCUT2D eigenvalue weighted by Crippen LogP contribution is 2.20. The number of piperazine rings is 1. The summed E-state index contributed by atoms with van der Waals surface area (Å²) in [6, 6.07) is 3.37. The topological polar surface area (TPSA) is 94.5 Å². The van der Waals surface area contributed by atoms with E-state index in [1.54, 1.807) is 11.2 Å². The average molecular weight is 357 g/mol. The molecule has 26 heavy (non-hydrogen) atoms. The number of hydrogen-bond donors (Lipinski definition) is 2. The Kier molecular flexibility index (Phi) is 4.50. The Hall–Kier alpha value is -2.61. The van der Waals surface area contributed by atoms with Gasteiger partial charge in [0, 0.05) is 26.1 Å². The number of carbonyl (C=O) groups is 2. The Morgan fingerprint density at radius 2 is 2.27 bits per heavy atom. The van der Waals surface area contributed by atoms with E-state index in [2.05, 4.69) is 15.3 Å². The number of nitrogens with one attached hydrogen (secondary N) is 2. The summed E-state index contributed by atoms with van der Waals surface area (Å²) in [6.07, 6.45) is 2.59. The minimum atomic E-state index is -0.468. The lowest BCUT2D eigenvalue weighted by atomic mass is 10.1. The first kappa shape index (κ1) is 16.8. The van der Waals surface area contributed by atoms with Gasteiger partial charge in [-0.15, -0.1) is 0 Å². The number of furan rings is 1. The Labute approximate surface area is 151 Å². The van der Waals surface area contributed by atoms with E-state index in [1.807, 2.05) is 24.0 Å². The molecule has 2 N–H and O–H groups in total. The molecule has 0 spiro atoms. The van der Waals surface area contributed by atoms with Gasteiger partial charge in [0.15, 0.2) is 0 Å². The zero-order chi connectivity index (χ0) is 18.1. The Balaban J connectivity index is 1.43. The maximum Gasteiger partial charge on any atom is 0.237 e. The highest BCUT2D eigenvalue weighted by molar-refractivity contribution is 5.88. The van der Waals surface area contributed by atoms with Gasteiger partial charge in [-0.05, 0) is 19.1 Å². The van der Waals surface area contributed by atoms with Gasteiger partial charge in [-0.2, -0.15) is 0 Å². The van der Waals surface area contributed by atoms with Gasteiger partial charge < -0.3 is 19.6 Å². The van der Waals surface area contributed by atoms with Crippen LogP contribution in [0.2, 0.25) is 0 Å². The number of H-pyrrole nitrogens is 1. The molecule has 2 aliphatic rings. The van der Waals surface area contributed by atoms with E-state index in [-0.39, 0.29) is 18.2 Å². The third kappa shape index (κ3) is 3.37. The molecule has 8 nitrogen and oxygen atoms in total. The van der Waals surface area contributed by atoms with Crippen molar-refractivity contribution in [1.29, 1.82) is 0 Å². The molecule has 2 aliphatic heterocycles. The molecular weight excluding hydrogens is 334 g/mol. The van der Waals surface area contributed by atoms with Crippen molar-refractivity contribution in [1.82, 2.24) is 25.1 Å². The normalized spacial score (nSPS) is 20.7. The number of hydrogen-bond acceptors (Lipinski definition) is 5. The first-order valence-corrected chi connectivity index (χ1v) is 8.96. The van der Waals surface area contributed by atoms with Crippen LogP contribution < -0.4 is 5.32 Å². The zero-order valence-electron chi connectivity index (χ0n) is 14.8. The average Bonchev–Trinajstić information content (AvgIpc) is 3.25. The van der Waals surface area contributed by atoms with E-state index in [4.69, 9.17) is 4.42 Å². The number of aromatic amines is 1. The molecule has 8 heteroatoms. The van der Waals surface area contributed by atoms with Gasteiger partial charge in [-0.3, -0.25) is 14.5 Å². The smallest absolute Gasteiger partial charge is 0.237 e.